The summed E-state index contributed by atoms with van der Waals surface area (Å²) in [4.78, 5) is 2.33. The van der Waals surface area contributed by atoms with Crippen LogP contribution in [0.25, 0.3) is 0 Å². The first-order chi connectivity index (χ1) is 12.3. The van der Waals surface area contributed by atoms with E-state index in [0.29, 0.717) is 24.4 Å². The molecule has 1 saturated carbocycles. The monoisotopic (exact) mass is 337 g/mol. The van der Waals surface area contributed by atoms with Crippen LogP contribution in [0.3, 0.4) is 0 Å². The predicted molar refractivity (Wildman–Crippen MR) is 87.3 cm³/mol. The lowest BCUT2D eigenvalue weighted by atomic mass is 9.94. The van der Waals surface area contributed by atoms with E-state index in [-0.39, 0.29) is 6.04 Å². The zero-order chi connectivity index (χ0) is 16.8. The zero-order valence-corrected chi connectivity index (χ0v) is 14.0. The number of tetrazole rings is 1. The van der Waals surface area contributed by atoms with Crippen molar-refractivity contribution in [3.05, 3.63) is 53.0 Å². The molecule has 8 nitrogen and oxygen atoms in total. The normalized spacial score (nSPS) is 20.6. The molecule has 1 fully saturated rings. The van der Waals surface area contributed by atoms with Crippen LogP contribution >= 0.6 is 0 Å². The fourth-order valence-electron chi connectivity index (χ4n) is 3.53. The Hall–Kier alpha value is -2.61. The second-order valence-electron chi connectivity index (χ2n) is 6.82. The molecule has 0 amide bonds. The van der Waals surface area contributed by atoms with Crippen molar-refractivity contribution in [2.24, 2.45) is 0 Å². The summed E-state index contributed by atoms with van der Waals surface area (Å²) in [5.41, 5.74) is 2.67. The van der Waals surface area contributed by atoms with E-state index in [0.717, 1.165) is 31.6 Å². The quantitative estimate of drug-likeness (QED) is 0.719. The first-order valence-electron chi connectivity index (χ1n) is 8.65. The van der Waals surface area contributed by atoms with Crippen molar-refractivity contribution in [3.63, 3.8) is 0 Å². The molecule has 2 aromatic heterocycles. The Morgan fingerprint density at radius 3 is 2.72 bits per heavy atom. The van der Waals surface area contributed by atoms with Gasteiger partial charge in [0.25, 0.3) is 0 Å². The largest absolute Gasteiger partial charge is 0.424 e. The van der Waals surface area contributed by atoms with Crippen LogP contribution in [0.1, 0.15) is 53.7 Å². The lowest BCUT2D eigenvalue weighted by molar-refractivity contribution is 0.131. The molecule has 0 saturated heterocycles. The highest BCUT2D eigenvalue weighted by atomic mass is 16.4. The summed E-state index contributed by atoms with van der Waals surface area (Å²) in [5.74, 6) is 2.16. The van der Waals surface area contributed by atoms with Gasteiger partial charge in [-0.15, -0.1) is 15.3 Å². The van der Waals surface area contributed by atoms with Crippen LogP contribution in [-0.2, 0) is 19.5 Å². The number of rotatable bonds is 4. The maximum atomic E-state index is 5.76. The third-order valence-corrected chi connectivity index (χ3v) is 4.97. The molecule has 0 radical (unpaired) electrons. The van der Waals surface area contributed by atoms with Crippen LogP contribution in [0, 0.1) is 6.92 Å². The number of benzene rings is 1. The van der Waals surface area contributed by atoms with Crippen molar-refractivity contribution in [3.8, 4) is 0 Å². The fourth-order valence-corrected chi connectivity index (χ4v) is 3.53. The molecule has 128 valence electrons. The van der Waals surface area contributed by atoms with Gasteiger partial charge in [-0.25, -0.2) is 4.68 Å². The van der Waals surface area contributed by atoms with E-state index in [1.54, 1.807) is 0 Å². The smallest absolute Gasteiger partial charge is 0.233 e. The van der Waals surface area contributed by atoms with Gasteiger partial charge in [-0.05, 0) is 40.8 Å². The molecule has 3 aromatic rings. The van der Waals surface area contributed by atoms with Gasteiger partial charge in [0, 0.05) is 13.5 Å². The van der Waals surface area contributed by atoms with Crippen LogP contribution < -0.4 is 0 Å². The SMILES string of the molecule is Cc1nnc([C@@H]2Cc3ccccc3CN2Cc2nnnn2C2CC2)o1. The highest BCUT2D eigenvalue weighted by Crippen LogP contribution is 2.37. The molecule has 0 N–H and O–H groups in total. The first kappa shape index (κ1) is 14.7. The second kappa shape index (κ2) is 5.73. The number of fused-ring (bicyclic) bond motifs is 1. The third-order valence-electron chi connectivity index (χ3n) is 4.97. The highest BCUT2D eigenvalue weighted by Gasteiger charge is 2.34. The standard InChI is InChI=1S/C17H19N7O/c1-11-18-20-17(25-11)15-8-12-4-2-3-5-13(12)9-23(15)10-16-19-21-22-24(16)14-6-7-14/h2-5,14-15H,6-10H2,1H3/t15-/m0/s1. The molecule has 1 atom stereocenters. The number of hydrogen-bond donors (Lipinski definition) is 0. The molecule has 5 rings (SSSR count). The molecule has 1 aromatic carbocycles. The molecule has 25 heavy (non-hydrogen) atoms. The lowest BCUT2D eigenvalue weighted by Gasteiger charge is -2.34. The molecule has 2 aliphatic rings. The maximum absolute atomic E-state index is 5.76. The molecule has 8 heteroatoms. The molecular formula is C17H19N7O. The van der Waals surface area contributed by atoms with Gasteiger partial charge in [-0.3, -0.25) is 4.90 Å². The van der Waals surface area contributed by atoms with Gasteiger partial charge in [-0.1, -0.05) is 24.3 Å². The van der Waals surface area contributed by atoms with E-state index < -0.39 is 0 Å². The Balaban J connectivity index is 1.49. The van der Waals surface area contributed by atoms with Crippen LogP contribution in [0.15, 0.2) is 28.7 Å². The van der Waals surface area contributed by atoms with Crippen molar-refractivity contribution in [1.29, 1.82) is 0 Å². The van der Waals surface area contributed by atoms with Gasteiger partial charge in [-0.2, -0.15) is 0 Å². The Labute approximate surface area is 144 Å². The topological polar surface area (TPSA) is 85.8 Å². The van der Waals surface area contributed by atoms with Crippen molar-refractivity contribution in [1.82, 2.24) is 35.3 Å². The van der Waals surface area contributed by atoms with E-state index >= 15 is 0 Å². The van der Waals surface area contributed by atoms with Crippen molar-refractivity contribution >= 4 is 0 Å². The summed E-state index contributed by atoms with van der Waals surface area (Å²) >= 11 is 0. The Bertz CT molecular complexity index is 898. The maximum Gasteiger partial charge on any atom is 0.233 e. The van der Waals surface area contributed by atoms with Gasteiger partial charge >= 0.3 is 0 Å². The average molecular weight is 337 g/mol. The van der Waals surface area contributed by atoms with E-state index in [4.69, 9.17) is 4.42 Å². The van der Waals surface area contributed by atoms with Crippen LogP contribution in [0.4, 0.5) is 0 Å². The summed E-state index contributed by atoms with van der Waals surface area (Å²) in [5, 5.41) is 20.6. The molecule has 0 unspecified atom stereocenters. The minimum Gasteiger partial charge on any atom is -0.424 e. The minimum absolute atomic E-state index is 0.0421. The summed E-state index contributed by atoms with van der Waals surface area (Å²) < 4.78 is 7.72. The van der Waals surface area contributed by atoms with E-state index in [1.165, 1.54) is 11.1 Å². The Morgan fingerprint density at radius 1 is 1.12 bits per heavy atom. The number of aromatic nitrogens is 6. The minimum atomic E-state index is 0.0421. The lowest BCUT2D eigenvalue weighted by Crippen LogP contribution is -2.35. The predicted octanol–water partition coefficient (Wildman–Crippen LogP) is 2.00. The average Bonchev–Trinajstić information content (AvgIpc) is 3.21. The molecule has 3 heterocycles. The van der Waals surface area contributed by atoms with Crippen molar-refractivity contribution in [2.75, 3.05) is 0 Å². The third kappa shape index (κ3) is 2.72. The molecule has 0 spiro atoms. The number of nitrogens with zero attached hydrogens (tertiary/aromatic N) is 7. The fraction of sp³-hybridized carbons (Fsp3) is 0.471. The second-order valence-corrected chi connectivity index (χ2v) is 6.82. The summed E-state index contributed by atoms with van der Waals surface area (Å²) in [6.45, 7) is 3.31. The van der Waals surface area contributed by atoms with Gasteiger partial charge in [0.2, 0.25) is 11.8 Å². The number of aryl methyl sites for hydroxylation is 1. The van der Waals surface area contributed by atoms with Gasteiger partial charge in [0.15, 0.2) is 5.82 Å². The zero-order valence-electron chi connectivity index (χ0n) is 14.0. The summed E-state index contributed by atoms with van der Waals surface area (Å²) in [6.07, 6.45) is 3.17. The van der Waals surface area contributed by atoms with E-state index in [9.17, 15) is 0 Å². The Morgan fingerprint density at radius 2 is 1.96 bits per heavy atom. The van der Waals surface area contributed by atoms with E-state index in [2.05, 4.69) is 54.9 Å². The van der Waals surface area contributed by atoms with Crippen LogP contribution in [-0.4, -0.2) is 35.3 Å². The molecule has 1 aliphatic heterocycles. The highest BCUT2D eigenvalue weighted by molar-refractivity contribution is 5.30. The number of hydrogen-bond acceptors (Lipinski definition) is 7. The van der Waals surface area contributed by atoms with Gasteiger partial charge in [0.1, 0.15) is 0 Å². The van der Waals surface area contributed by atoms with E-state index in [1.807, 2.05) is 11.6 Å². The molecular weight excluding hydrogens is 318 g/mol. The first-order valence-corrected chi connectivity index (χ1v) is 8.65. The summed E-state index contributed by atoms with van der Waals surface area (Å²) in [6, 6.07) is 9.03. The van der Waals surface area contributed by atoms with Crippen LogP contribution in [0.5, 0.6) is 0 Å². The van der Waals surface area contributed by atoms with Crippen molar-refractivity contribution in [2.45, 2.75) is 51.4 Å². The Kier molecular flexibility index (Phi) is 3.37. The van der Waals surface area contributed by atoms with Gasteiger partial charge in [0.05, 0.1) is 18.6 Å². The van der Waals surface area contributed by atoms with Crippen molar-refractivity contribution < 1.29 is 4.42 Å². The molecule has 1 aliphatic carbocycles. The van der Waals surface area contributed by atoms with Crippen LogP contribution in [0.2, 0.25) is 0 Å². The van der Waals surface area contributed by atoms with Gasteiger partial charge < -0.3 is 4.42 Å². The molecule has 0 bridgehead atoms. The summed E-state index contributed by atoms with van der Waals surface area (Å²) in [7, 11) is 0.